The number of morpholine rings is 1. The number of nitrogens with zero attached hydrogens (tertiary/aromatic N) is 5. The van der Waals surface area contributed by atoms with Gasteiger partial charge in [-0.1, -0.05) is 11.3 Å². The van der Waals surface area contributed by atoms with Crippen LogP contribution in [-0.2, 0) is 4.74 Å². The van der Waals surface area contributed by atoms with Crippen LogP contribution >= 0.6 is 11.3 Å². The summed E-state index contributed by atoms with van der Waals surface area (Å²) in [6.07, 6.45) is 1.66. The van der Waals surface area contributed by atoms with Crippen molar-refractivity contribution in [2.24, 2.45) is 0 Å². The number of hydrogen-bond donors (Lipinski definition) is 1. The maximum Gasteiger partial charge on any atom is 0.321 e. The van der Waals surface area contributed by atoms with Gasteiger partial charge in [-0.15, -0.1) is 0 Å². The van der Waals surface area contributed by atoms with Gasteiger partial charge >= 0.3 is 6.01 Å². The Morgan fingerprint density at radius 1 is 1.45 bits per heavy atom. The highest BCUT2D eigenvalue weighted by molar-refractivity contribution is 7.18. The number of ether oxygens (including phenoxy) is 2. The number of nitrogen functional groups attached to an aromatic ring is 1. The topological polar surface area (TPSA) is 99.3 Å². The molecule has 9 heteroatoms. The molecular formula is C13H18N6O2S. The Labute approximate surface area is 132 Å². The summed E-state index contributed by atoms with van der Waals surface area (Å²) in [5, 5.41) is 0.481. The van der Waals surface area contributed by atoms with E-state index in [1.54, 1.807) is 6.20 Å². The van der Waals surface area contributed by atoms with Crippen molar-refractivity contribution < 1.29 is 9.47 Å². The molecule has 2 aromatic heterocycles. The van der Waals surface area contributed by atoms with Crippen molar-refractivity contribution in [3.05, 3.63) is 6.20 Å². The summed E-state index contributed by atoms with van der Waals surface area (Å²) in [7, 11) is 0. The lowest BCUT2D eigenvalue weighted by molar-refractivity contribution is 0.0979. The van der Waals surface area contributed by atoms with Gasteiger partial charge in [0.2, 0.25) is 5.95 Å². The first kappa shape index (κ1) is 14.9. The Morgan fingerprint density at radius 3 is 3.00 bits per heavy atom. The summed E-state index contributed by atoms with van der Waals surface area (Å²) in [4.78, 5) is 20.2. The van der Waals surface area contributed by atoms with Gasteiger partial charge in [0.25, 0.3) is 0 Å². The Bertz CT molecular complexity index is 649. The van der Waals surface area contributed by atoms with Gasteiger partial charge in [-0.3, -0.25) is 0 Å². The average molecular weight is 322 g/mol. The molecular weight excluding hydrogens is 304 g/mol. The molecule has 1 saturated heterocycles. The van der Waals surface area contributed by atoms with E-state index < -0.39 is 0 Å². The zero-order valence-corrected chi connectivity index (χ0v) is 13.3. The van der Waals surface area contributed by atoms with Crippen LogP contribution in [0.5, 0.6) is 6.01 Å². The lowest BCUT2D eigenvalue weighted by Crippen LogP contribution is -2.44. The first-order valence-corrected chi connectivity index (χ1v) is 7.94. The van der Waals surface area contributed by atoms with Crippen LogP contribution in [0.4, 0.5) is 11.1 Å². The molecule has 0 spiro atoms. The van der Waals surface area contributed by atoms with Crippen LogP contribution in [0.15, 0.2) is 6.20 Å². The van der Waals surface area contributed by atoms with Gasteiger partial charge in [0.05, 0.1) is 36.9 Å². The number of anilines is 2. The summed E-state index contributed by atoms with van der Waals surface area (Å²) in [6.45, 7) is 6.51. The van der Waals surface area contributed by atoms with E-state index >= 15 is 0 Å². The first-order valence-electron chi connectivity index (χ1n) is 7.12. The molecule has 0 unspecified atom stereocenters. The largest absolute Gasteiger partial charge is 0.464 e. The van der Waals surface area contributed by atoms with Crippen molar-refractivity contribution in [3.8, 4) is 16.7 Å². The lowest BCUT2D eigenvalue weighted by atomic mass is 10.3. The molecule has 0 radical (unpaired) electrons. The Morgan fingerprint density at radius 2 is 2.32 bits per heavy atom. The second kappa shape index (κ2) is 6.41. The van der Waals surface area contributed by atoms with Crippen molar-refractivity contribution in [2.75, 3.05) is 37.0 Å². The van der Waals surface area contributed by atoms with Crippen molar-refractivity contribution in [1.29, 1.82) is 0 Å². The Hall–Kier alpha value is -2.00. The number of nitrogens with two attached hydrogens (primary N) is 1. The molecule has 0 aromatic carbocycles. The minimum absolute atomic E-state index is 0.199. The summed E-state index contributed by atoms with van der Waals surface area (Å²) in [5.74, 6) is 1.12. The van der Waals surface area contributed by atoms with Crippen LogP contribution in [0, 0.1) is 0 Å². The number of thiazole rings is 1. The van der Waals surface area contributed by atoms with Gasteiger partial charge in [0, 0.05) is 6.54 Å². The molecule has 1 fully saturated rings. The van der Waals surface area contributed by atoms with Gasteiger partial charge < -0.3 is 20.1 Å². The summed E-state index contributed by atoms with van der Waals surface area (Å²) < 4.78 is 10.9. The zero-order valence-electron chi connectivity index (χ0n) is 12.5. The van der Waals surface area contributed by atoms with E-state index in [9.17, 15) is 0 Å². The second-order valence-corrected chi connectivity index (χ2v) is 5.92. The van der Waals surface area contributed by atoms with Crippen LogP contribution < -0.4 is 15.4 Å². The van der Waals surface area contributed by atoms with E-state index in [-0.39, 0.29) is 6.04 Å². The van der Waals surface area contributed by atoms with E-state index in [0.29, 0.717) is 42.7 Å². The molecule has 22 heavy (non-hydrogen) atoms. The minimum atomic E-state index is 0.199. The van der Waals surface area contributed by atoms with Crippen molar-refractivity contribution in [2.45, 2.75) is 19.9 Å². The molecule has 2 aromatic rings. The standard InChI is InChI=1S/C13H18N6O2S/c1-3-21-13-17-10(9-6-15-11(14)22-9)16-12(18-13)19-4-5-20-7-8(19)2/h6,8H,3-5,7H2,1-2H3,(H2,14,15)/t8-/m0/s1. The second-order valence-electron chi connectivity index (χ2n) is 4.85. The summed E-state index contributed by atoms with van der Waals surface area (Å²) >= 11 is 1.34. The average Bonchev–Trinajstić information content (AvgIpc) is 2.94. The third kappa shape index (κ3) is 3.09. The predicted octanol–water partition coefficient (Wildman–Crippen LogP) is 1.20. The highest BCUT2D eigenvalue weighted by Crippen LogP contribution is 2.27. The molecule has 1 atom stereocenters. The molecule has 8 nitrogen and oxygen atoms in total. The van der Waals surface area contributed by atoms with Gasteiger partial charge in [0.15, 0.2) is 11.0 Å². The van der Waals surface area contributed by atoms with E-state index in [4.69, 9.17) is 15.2 Å². The highest BCUT2D eigenvalue weighted by atomic mass is 32.1. The fourth-order valence-electron chi connectivity index (χ4n) is 2.19. The number of hydrogen-bond acceptors (Lipinski definition) is 9. The first-order chi connectivity index (χ1) is 10.7. The van der Waals surface area contributed by atoms with Crippen molar-refractivity contribution in [1.82, 2.24) is 19.9 Å². The monoisotopic (exact) mass is 322 g/mol. The maximum absolute atomic E-state index is 5.69. The summed E-state index contributed by atoms with van der Waals surface area (Å²) in [6, 6.07) is 0.512. The van der Waals surface area contributed by atoms with Crippen LogP contribution in [-0.4, -0.2) is 52.3 Å². The van der Waals surface area contributed by atoms with E-state index in [0.717, 1.165) is 11.4 Å². The minimum Gasteiger partial charge on any atom is -0.464 e. The zero-order chi connectivity index (χ0) is 15.5. The molecule has 0 amide bonds. The third-order valence-electron chi connectivity index (χ3n) is 3.25. The molecule has 0 saturated carbocycles. The third-order valence-corrected chi connectivity index (χ3v) is 4.07. The van der Waals surface area contributed by atoms with Crippen molar-refractivity contribution in [3.63, 3.8) is 0 Å². The molecule has 2 N–H and O–H groups in total. The molecule has 1 aliphatic heterocycles. The lowest BCUT2D eigenvalue weighted by Gasteiger charge is -2.33. The maximum atomic E-state index is 5.69. The molecule has 0 bridgehead atoms. The van der Waals surface area contributed by atoms with E-state index in [2.05, 4.69) is 31.8 Å². The van der Waals surface area contributed by atoms with Gasteiger partial charge in [-0.25, -0.2) is 4.98 Å². The van der Waals surface area contributed by atoms with Gasteiger partial charge in [-0.05, 0) is 13.8 Å². The van der Waals surface area contributed by atoms with E-state index in [1.165, 1.54) is 11.3 Å². The Kier molecular flexibility index (Phi) is 4.34. The van der Waals surface area contributed by atoms with Gasteiger partial charge in [-0.2, -0.15) is 15.0 Å². The number of rotatable bonds is 4. The smallest absolute Gasteiger partial charge is 0.321 e. The molecule has 3 rings (SSSR count). The fraction of sp³-hybridized carbons (Fsp3) is 0.538. The predicted molar refractivity (Wildman–Crippen MR) is 84.1 cm³/mol. The fourth-order valence-corrected chi connectivity index (χ4v) is 2.81. The highest BCUT2D eigenvalue weighted by Gasteiger charge is 2.23. The van der Waals surface area contributed by atoms with Crippen LogP contribution in [0.25, 0.3) is 10.7 Å². The SMILES string of the molecule is CCOc1nc(-c2cnc(N)s2)nc(N2CCOC[C@@H]2C)n1. The van der Waals surface area contributed by atoms with Crippen molar-refractivity contribution >= 4 is 22.4 Å². The molecule has 118 valence electrons. The summed E-state index contributed by atoms with van der Waals surface area (Å²) in [5.41, 5.74) is 5.69. The number of aromatic nitrogens is 4. The molecule has 3 heterocycles. The van der Waals surface area contributed by atoms with E-state index in [1.807, 2.05) is 6.92 Å². The quantitative estimate of drug-likeness (QED) is 0.896. The molecule has 0 aliphatic carbocycles. The molecule has 1 aliphatic rings. The van der Waals surface area contributed by atoms with Crippen LogP contribution in [0.3, 0.4) is 0 Å². The normalized spacial score (nSPS) is 18.5. The van der Waals surface area contributed by atoms with Crippen LogP contribution in [0.1, 0.15) is 13.8 Å². The van der Waals surface area contributed by atoms with Gasteiger partial charge in [0.1, 0.15) is 0 Å². The Balaban J connectivity index is 1.99. The van der Waals surface area contributed by atoms with Crippen LogP contribution in [0.2, 0.25) is 0 Å².